The summed E-state index contributed by atoms with van der Waals surface area (Å²) in [5.74, 6) is 6.37. The molecule has 0 bridgehead atoms. The van der Waals surface area contributed by atoms with E-state index in [1.807, 2.05) is 52.8 Å². The maximum absolute atomic E-state index is 12.7. The van der Waals surface area contributed by atoms with Crippen LogP contribution in [0.2, 0.25) is 0 Å². The number of hydrogen-bond donors (Lipinski definition) is 2. The van der Waals surface area contributed by atoms with E-state index >= 15 is 0 Å². The SMILES string of the molecule is CCCOc1ccc(C#CC(C)(C)COC(=O)C(N)C(C)C)cc1N(C)C=O.NC(=O)c1cc(Oc2ccc(F)cc2)ccn1. The molecular formula is C34H41FN4O6. The van der Waals surface area contributed by atoms with Crippen LogP contribution in [-0.2, 0) is 14.3 Å². The van der Waals surface area contributed by atoms with Crippen LogP contribution >= 0.6 is 0 Å². The summed E-state index contributed by atoms with van der Waals surface area (Å²) in [5.41, 5.74) is 11.9. The van der Waals surface area contributed by atoms with Gasteiger partial charge in [0.1, 0.15) is 41.4 Å². The fourth-order valence-electron chi connectivity index (χ4n) is 3.41. The number of nitrogens with zero attached hydrogens (tertiary/aromatic N) is 2. The first kappa shape index (κ1) is 36.2. The van der Waals surface area contributed by atoms with Crippen molar-refractivity contribution in [3.8, 4) is 29.1 Å². The van der Waals surface area contributed by atoms with Gasteiger partial charge in [-0.05, 0) is 74.7 Å². The molecule has 2 aromatic carbocycles. The van der Waals surface area contributed by atoms with Crippen LogP contribution in [0.4, 0.5) is 10.1 Å². The summed E-state index contributed by atoms with van der Waals surface area (Å²) in [6, 6.07) is 13.4. The second kappa shape index (κ2) is 17.4. The number of hydrogen-bond acceptors (Lipinski definition) is 8. The van der Waals surface area contributed by atoms with E-state index in [2.05, 4.69) is 16.8 Å². The van der Waals surface area contributed by atoms with Crippen molar-refractivity contribution in [3.05, 3.63) is 77.9 Å². The monoisotopic (exact) mass is 620 g/mol. The Bertz CT molecular complexity index is 1500. The molecule has 1 atom stereocenters. The molecule has 3 aromatic rings. The number of esters is 1. The number of ether oxygens (including phenoxy) is 3. The molecule has 10 nitrogen and oxygen atoms in total. The molecule has 0 radical (unpaired) electrons. The molecule has 2 amide bonds. The smallest absolute Gasteiger partial charge is 0.323 e. The summed E-state index contributed by atoms with van der Waals surface area (Å²) in [6.07, 6.45) is 3.02. The molecule has 0 saturated carbocycles. The minimum Gasteiger partial charge on any atom is -0.491 e. The minimum absolute atomic E-state index is 0.0170. The Morgan fingerprint density at radius 3 is 2.38 bits per heavy atom. The molecule has 3 rings (SSSR count). The van der Waals surface area contributed by atoms with E-state index in [9.17, 15) is 18.8 Å². The number of aromatic nitrogens is 1. The van der Waals surface area contributed by atoms with Gasteiger partial charge in [0.15, 0.2) is 0 Å². The lowest BCUT2D eigenvalue weighted by Crippen LogP contribution is -2.38. The fraction of sp³-hybridized carbons (Fsp3) is 0.353. The first-order chi connectivity index (χ1) is 21.3. The third-order valence-corrected chi connectivity index (χ3v) is 6.10. The summed E-state index contributed by atoms with van der Waals surface area (Å²) in [4.78, 5) is 39.3. The number of nitrogens with two attached hydrogens (primary N) is 2. The molecule has 0 saturated heterocycles. The maximum atomic E-state index is 12.7. The number of halogens is 1. The average Bonchev–Trinajstić information content (AvgIpc) is 3.02. The highest BCUT2D eigenvalue weighted by Gasteiger charge is 2.23. The van der Waals surface area contributed by atoms with E-state index < -0.39 is 23.3 Å². The summed E-state index contributed by atoms with van der Waals surface area (Å²) < 4.78 is 29.1. The zero-order valence-corrected chi connectivity index (χ0v) is 26.5. The molecule has 4 N–H and O–H groups in total. The van der Waals surface area contributed by atoms with Crippen molar-refractivity contribution < 1.29 is 33.0 Å². The second-order valence-electron chi connectivity index (χ2n) is 11.1. The van der Waals surface area contributed by atoms with Crippen LogP contribution in [0.1, 0.15) is 57.1 Å². The third kappa shape index (κ3) is 12.3. The molecule has 0 spiro atoms. The van der Waals surface area contributed by atoms with E-state index in [0.29, 0.717) is 29.5 Å². The van der Waals surface area contributed by atoms with Gasteiger partial charge in [0, 0.05) is 24.9 Å². The van der Waals surface area contributed by atoms with Gasteiger partial charge in [-0.2, -0.15) is 0 Å². The van der Waals surface area contributed by atoms with Crippen molar-refractivity contribution >= 4 is 24.0 Å². The first-order valence-electron chi connectivity index (χ1n) is 14.4. The number of pyridine rings is 1. The number of carbonyl (C=O) groups is 3. The van der Waals surface area contributed by atoms with E-state index in [1.54, 1.807) is 13.1 Å². The van der Waals surface area contributed by atoms with Gasteiger partial charge in [-0.15, -0.1) is 0 Å². The van der Waals surface area contributed by atoms with Gasteiger partial charge in [0.05, 0.1) is 17.7 Å². The Kier molecular flexibility index (Phi) is 14.0. The standard InChI is InChI=1S/C22H32N2O4.C12H9FN2O2/c1-7-12-27-19-9-8-17(13-18(19)24(6)15-25)10-11-22(4,5)14-28-21(26)20(23)16(2)3;13-8-1-3-9(4-2-8)17-10-5-6-15-11(7-10)12(14)16/h8-9,13,15-16,20H,7,12,14,23H2,1-6H3;1-7H,(H2,14,16). The first-order valence-corrected chi connectivity index (χ1v) is 14.4. The molecule has 1 aromatic heterocycles. The quantitative estimate of drug-likeness (QED) is 0.162. The van der Waals surface area contributed by atoms with Crippen LogP contribution in [0.3, 0.4) is 0 Å². The topological polar surface area (TPSA) is 147 Å². The van der Waals surface area contributed by atoms with Crippen molar-refractivity contribution in [3.63, 3.8) is 0 Å². The number of anilines is 1. The third-order valence-electron chi connectivity index (χ3n) is 6.10. The largest absolute Gasteiger partial charge is 0.491 e. The zero-order chi connectivity index (χ0) is 33.6. The van der Waals surface area contributed by atoms with Crippen molar-refractivity contribution in [1.29, 1.82) is 0 Å². The van der Waals surface area contributed by atoms with Gasteiger partial charge in [-0.3, -0.25) is 19.4 Å². The predicted molar refractivity (Wildman–Crippen MR) is 170 cm³/mol. The lowest BCUT2D eigenvalue weighted by molar-refractivity contribution is -0.148. The lowest BCUT2D eigenvalue weighted by Gasteiger charge is -2.20. The molecule has 0 aliphatic heterocycles. The van der Waals surface area contributed by atoms with E-state index in [-0.39, 0.29) is 24.0 Å². The highest BCUT2D eigenvalue weighted by molar-refractivity contribution is 5.91. The highest BCUT2D eigenvalue weighted by Crippen LogP contribution is 2.28. The number of carbonyl (C=O) groups excluding carboxylic acids is 3. The van der Waals surface area contributed by atoms with Gasteiger partial charge in [0.25, 0.3) is 5.91 Å². The molecule has 0 aliphatic carbocycles. The maximum Gasteiger partial charge on any atom is 0.323 e. The van der Waals surface area contributed by atoms with Crippen LogP contribution in [0, 0.1) is 29.0 Å². The van der Waals surface area contributed by atoms with E-state index in [4.69, 9.17) is 25.7 Å². The molecule has 11 heteroatoms. The number of rotatable bonds is 12. The number of benzene rings is 2. The summed E-state index contributed by atoms with van der Waals surface area (Å²) in [6.45, 7) is 10.3. The molecule has 0 aliphatic rings. The van der Waals surface area contributed by atoms with Gasteiger partial charge >= 0.3 is 5.97 Å². The van der Waals surface area contributed by atoms with E-state index in [1.165, 1.54) is 41.4 Å². The molecule has 240 valence electrons. The van der Waals surface area contributed by atoms with Gasteiger partial charge in [0.2, 0.25) is 6.41 Å². The highest BCUT2D eigenvalue weighted by atomic mass is 19.1. The Labute approximate surface area is 263 Å². The van der Waals surface area contributed by atoms with E-state index in [0.717, 1.165) is 18.4 Å². The molecule has 45 heavy (non-hydrogen) atoms. The zero-order valence-electron chi connectivity index (χ0n) is 26.5. The summed E-state index contributed by atoms with van der Waals surface area (Å²) in [5, 5.41) is 0. The molecular weight excluding hydrogens is 579 g/mol. The van der Waals surface area contributed by atoms with Crippen molar-refractivity contribution in [1.82, 2.24) is 4.98 Å². The van der Waals surface area contributed by atoms with Crippen molar-refractivity contribution in [2.75, 3.05) is 25.2 Å². The summed E-state index contributed by atoms with van der Waals surface area (Å²) >= 11 is 0. The van der Waals surface area contributed by atoms with Crippen molar-refractivity contribution in [2.45, 2.75) is 47.1 Å². The van der Waals surface area contributed by atoms with Crippen LogP contribution < -0.4 is 25.8 Å². The minimum atomic E-state index is -0.638. The van der Waals surface area contributed by atoms with Crippen molar-refractivity contribution in [2.24, 2.45) is 22.8 Å². The lowest BCUT2D eigenvalue weighted by atomic mass is 9.95. The van der Waals surface area contributed by atoms with Crippen LogP contribution in [-0.4, -0.2) is 49.6 Å². The normalized spacial score (nSPS) is 11.2. The molecule has 1 heterocycles. The van der Waals surface area contributed by atoms with Gasteiger partial charge in [-0.1, -0.05) is 32.6 Å². The Balaban J connectivity index is 0.000000351. The average molecular weight is 621 g/mol. The Morgan fingerprint density at radius 1 is 1.09 bits per heavy atom. The Hall–Kier alpha value is -4.95. The number of amides is 2. The second-order valence-corrected chi connectivity index (χ2v) is 11.1. The molecule has 1 unspecified atom stereocenters. The van der Waals surface area contributed by atoms with Gasteiger partial charge in [-0.25, -0.2) is 4.39 Å². The van der Waals surface area contributed by atoms with Crippen LogP contribution in [0.25, 0.3) is 0 Å². The predicted octanol–water partition coefficient (Wildman–Crippen LogP) is 5.08. The fourth-order valence-corrected chi connectivity index (χ4v) is 3.41. The molecule has 0 fully saturated rings. The summed E-state index contributed by atoms with van der Waals surface area (Å²) in [7, 11) is 1.67. The van der Waals surface area contributed by atoms with Crippen LogP contribution in [0.5, 0.6) is 17.2 Å². The van der Waals surface area contributed by atoms with Gasteiger partial charge < -0.3 is 30.6 Å². The Morgan fingerprint density at radius 2 is 1.78 bits per heavy atom. The van der Waals surface area contributed by atoms with Crippen LogP contribution in [0.15, 0.2) is 60.8 Å². The number of primary amides is 1.